The van der Waals surface area contributed by atoms with Crippen LogP contribution in [0.1, 0.15) is 5.69 Å². The molecular formula is C11H9N3O4S. The molecule has 0 saturated heterocycles. The summed E-state index contributed by atoms with van der Waals surface area (Å²) in [5.41, 5.74) is 3.28. The number of pyridine rings is 1. The van der Waals surface area contributed by atoms with Crippen molar-refractivity contribution in [2.75, 3.05) is 0 Å². The van der Waals surface area contributed by atoms with Crippen LogP contribution in [-0.2, 0) is 21.9 Å². The normalized spacial score (nSPS) is 10.1. The number of hydrogen-bond acceptors (Lipinski definition) is 5. The van der Waals surface area contributed by atoms with Crippen LogP contribution in [0.25, 0.3) is 10.9 Å². The molecule has 0 bridgehead atoms. The molecule has 0 unspecified atom stereocenters. The summed E-state index contributed by atoms with van der Waals surface area (Å²) in [4.78, 5) is 19.9. The van der Waals surface area contributed by atoms with Crippen LogP contribution in [0.3, 0.4) is 0 Å². The monoisotopic (exact) mass is 279 g/mol. The molecule has 1 aromatic carbocycles. The molecule has 0 fully saturated rings. The quantitative estimate of drug-likeness (QED) is 0.857. The lowest BCUT2D eigenvalue weighted by Crippen LogP contribution is -2.19. The summed E-state index contributed by atoms with van der Waals surface area (Å²) in [5.74, 6) is 0. The Balaban J connectivity index is 1.98. The number of hydrogen-bond donors (Lipinski definition) is 1. The highest BCUT2D eigenvalue weighted by atomic mass is 32.2. The van der Waals surface area contributed by atoms with Gasteiger partial charge in [0.05, 0.1) is 11.2 Å². The summed E-state index contributed by atoms with van der Waals surface area (Å²) in [6, 6.07) is 10.1. The maximum atomic E-state index is 10.8. The molecule has 2 rings (SSSR count). The minimum Gasteiger partial charge on any atom is -0.266 e. The highest BCUT2D eigenvalue weighted by Gasteiger charge is 2.01. The molecule has 0 aliphatic rings. The van der Waals surface area contributed by atoms with Gasteiger partial charge in [-0.2, -0.15) is 8.42 Å². The zero-order valence-electron chi connectivity index (χ0n) is 9.61. The van der Waals surface area contributed by atoms with Gasteiger partial charge >= 0.3 is 16.5 Å². The summed E-state index contributed by atoms with van der Waals surface area (Å²) in [6.07, 6.45) is 0. The van der Waals surface area contributed by atoms with E-state index in [0.717, 1.165) is 10.9 Å². The van der Waals surface area contributed by atoms with Gasteiger partial charge in [-0.3, -0.25) is 9.82 Å². The van der Waals surface area contributed by atoms with Crippen LogP contribution in [0.5, 0.6) is 0 Å². The molecule has 0 spiro atoms. The minimum absolute atomic E-state index is 0.0115. The van der Waals surface area contributed by atoms with Crippen LogP contribution in [0, 0.1) is 0 Å². The molecule has 0 saturated carbocycles. The van der Waals surface area contributed by atoms with Crippen molar-refractivity contribution >= 4 is 27.4 Å². The average Bonchev–Trinajstić information content (AvgIpc) is 2.37. The van der Waals surface area contributed by atoms with Gasteiger partial charge in [-0.1, -0.05) is 28.6 Å². The van der Waals surface area contributed by atoms with Gasteiger partial charge < -0.3 is 0 Å². The smallest absolute Gasteiger partial charge is 0.266 e. The number of rotatable bonds is 3. The predicted molar refractivity (Wildman–Crippen MR) is 66.4 cm³/mol. The molecule has 7 nitrogen and oxygen atoms in total. The van der Waals surface area contributed by atoms with E-state index in [-0.39, 0.29) is 6.61 Å². The number of nitrogens with zero attached hydrogens (tertiary/aromatic N) is 2. The van der Waals surface area contributed by atoms with Crippen LogP contribution >= 0.6 is 0 Å². The lowest BCUT2D eigenvalue weighted by Gasteiger charge is -2.03. The molecule has 1 N–H and O–H groups in total. The summed E-state index contributed by atoms with van der Waals surface area (Å²) in [6.45, 7) is 0.0115. The summed E-state index contributed by atoms with van der Waals surface area (Å²) < 4.78 is 22.9. The number of carbonyl (C=O) groups excluding carboxylic acids is 1. The fraction of sp³-hybridized carbons (Fsp3) is 0.0909. The Labute approximate surface area is 109 Å². The highest BCUT2D eigenvalue weighted by Crippen LogP contribution is 2.11. The Morgan fingerprint density at radius 2 is 2.05 bits per heavy atom. The number of urea groups is 1. The first-order valence-corrected chi connectivity index (χ1v) is 6.26. The van der Waals surface area contributed by atoms with Gasteiger partial charge in [0.1, 0.15) is 6.61 Å². The first-order chi connectivity index (χ1) is 9.15. The topological polar surface area (TPSA) is 97.7 Å². The van der Waals surface area contributed by atoms with Crippen LogP contribution < -0.4 is 5.48 Å². The fourth-order valence-corrected chi connectivity index (χ4v) is 1.62. The first-order valence-electron chi connectivity index (χ1n) is 5.23. The van der Waals surface area contributed by atoms with Crippen molar-refractivity contribution in [1.82, 2.24) is 10.5 Å². The van der Waals surface area contributed by atoms with Crippen molar-refractivity contribution in [1.29, 1.82) is 0 Å². The molecule has 0 aliphatic carbocycles. The Morgan fingerprint density at radius 3 is 2.84 bits per heavy atom. The summed E-state index contributed by atoms with van der Waals surface area (Å²) in [5, 5.41) is 0.993. The predicted octanol–water partition coefficient (Wildman–Crippen LogP) is 1.44. The van der Waals surface area contributed by atoms with Crippen molar-refractivity contribution in [3.63, 3.8) is 0 Å². The van der Waals surface area contributed by atoms with Crippen molar-refractivity contribution in [2.45, 2.75) is 6.61 Å². The van der Waals surface area contributed by atoms with E-state index in [0.29, 0.717) is 5.69 Å². The molecule has 98 valence electrons. The Morgan fingerprint density at radius 1 is 1.26 bits per heavy atom. The third kappa shape index (κ3) is 3.83. The maximum absolute atomic E-state index is 10.8. The Hall–Kier alpha value is -2.32. The van der Waals surface area contributed by atoms with Crippen LogP contribution in [0.2, 0.25) is 0 Å². The fourth-order valence-electron chi connectivity index (χ4n) is 1.45. The number of aromatic nitrogens is 1. The molecule has 2 aromatic rings. The Kier molecular flexibility index (Phi) is 4.16. The molecule has 2 amide bonds. The van der Waals surface area contributed by atoms with E-state index < -0.39 is 16.5 Å². The number of nitrogens with one attached hydrogen (secondary N) is 1. The molecule has 19 heavy (non-hydrogen) atoms. The lowest BCUT2D eigenvalue weighted by molar-refractivity contribution is 0.0506. The summed E-state index contributed by atoms with van der Waals surface area (Å²) >= 11 is 0. The lowest BCUT2D eigenvalue weighted by atomic mass is 10.2. The Bertz CT molecular complexity index is 734. The largest absolute Gasteiger partial charge is 0.379 e. The SMILES string of the molecule is O=C(N=S(=O)=O)NOCc1ccc2ccccc2n1. The van der Waals surface area contributed by atoms with E-state index in [1.165, 1.54) is 0 Å². The molecule has 0 radical (unpaired) electrons. The maximum Gasteiger partial charge on any atom is 0.379 e. The highest BCUT2D eigenvalue weighted by molar-refractivity contribution is 7.62. The van der Waals surface area contributed by atoms with E-state index >= 15 is 0 Å². The molecular weight excluding hydrogens is 270 g/mol. The standard InChI is InChI=1S/C11H9N3O4S/c15-11(14-19(16)17)13-18-7-9-6-5-8-3-1-2-4-10(8)12-9/h1-6H,7H2,(H,13,15). The molecule has 0 atom stereocenters. The van der Waals surface area contributed by atoms with Crippen LogP contribution in [0.15, 0.2) is 40.8 Å². The van der Waals surface area contributed by atoms with Gasteiger partial charge in [-0.15, -0.1) is 0 Å². The van der Waals surface area contributed by atoms with Gasteiger partial charge in [0.2, 0.25) is 0 Å². The van der Waals surface area contributed by atoms with Gasteiger partial charge in [-0.05, 0) is 12.1 Å². The van der Waals surface area contributed by atoms with Crippen LogP contribution in [0.4, 0.5) is 4.79 Å². The van der Waals surface area contributed by atoms with E-state index in [9.17, 15) is 13.2 Å². The second-order valence-corrected chi connectivity index (χ2v) is 4.12. The van der Waals surface area contributed by atoms with E-state index in [4.69, 9.17) is 4.84 Å². The van der Waals surface area contributed by atoms with Gasteiger partial charge in [-0.25, -0.2) is 10.3 Å². The number of benzene rings is 1. The van der Waals surface area contributed by atoms with Crippen molar-refractivity contribution in [3.05, 3.63) is 42.1 Å². The molecule has 1 aromatic heterocycles. The number of hydroxylamine groups is 1. The van der Waals surface area contributed by atoms with Crippen LogP contribution in [-0.4, -0.2) is 19.4 Å². The van der Waals surface area contributed by atoms with Crippen molar-refractivity contribution in [2.24, 2.45) is 4.36 Å². The third-order valence-corrected chi connectivity index (χ3v) is 2.51. The molecule has 0 aliphatic heterocycles. The molecule has 1 heterocycles. The van der Waals surface area contributed by atoms with E-state index in [1.54, 1.807) is 6.07 Å². The zero-order valence-corrected chi connectivity index (χ0v) is 10.4. The van der Waals surface area contributed by atoms with Crippen molar-refractivity contribution in [3.8, 4) is 0 Å². The van der Waals surface area contributed by atoms with Gasteiger partial charge in [0.25, 0.3) is 0 Å². The number of para-hydroxylation sites is 1. The number of carbonyl (C=O) groups is 1. The first kappa shape index (κ1) is 13.1. The second-order valence-electron chi connectivity index (χ2n) is 3.50. The third-order valence-electron chi connectivity index (χ3n) is 2.19. The molecule has 8 heteroatoms. The zero-order chi connectivity index (χ0) is 13.7. The number of amides is 2. The van der Waals surface area contributed by atoms with Gasteiger partial charge in [0, 0.05) is 5.39 Å². The van der Waals surface area contributed by atoms with E-state index in [2.05, 4.69) is 9.35 Å². The van der Waals surface area contributed by atoms with E-state index in [1.807, 2.05) is 35.8 Å². The average molecular weight is 279 g/mol. The second kappa shape index (κ2) is 6.03. The van der Waals surface area contributed by atoms with Crippen molar-refractivity contribution < 1.29 is 18.0 Å². The minimum atomic E-state index is -2.79. The summed E-state index contributed by atoms with van der Waals surface area (Å²) in [7, 11) is -2.79. The number of fused-ring (bicyclic) bond motifs is 1. The van der Waals surface area contributed by atoms with Gasteiger partial charge in [0.15, 0.2) is 0 Å².